The van der Waals surface area contributed by atoms with E-state index < -0.39 is 0 Å². The van der Waals surface area contributed by atoms with Crippen LogP contribution in [0.2, 0.25) is 0 Å². The van der Waals surface area contributed by atoms with Crippen molar-refractivity contribution in [3.8, 4) is 0 Å². The third-order valence-electron chi connectivity index (χ3n) is 2.35. The molecule has 0 bridgehead atoms. The number of nitrogens with one attached hydrogen (secondary N) is 1. The van der Waals surface area contributed by atoms with Crippen molar-refractivity contribution in [1.82, 2.24) is 0 Å². The highest BCUT2D eigenvalue weighted by Crippen LogP contribution is 2.13. The van der Waals surface area contributed by atoms with E-state index in [4.69, 9.17) is 4.74 Å². The molecule has 0 aliphatic carbocycles. The molecule has 1 aromatic rings. The highest BCUT2D eigenvalue weighted by molar-refractivity contribution is 5.44. The number of hydrogen-bond acceptors (Lipinski definition) is 2. The highest BCUT2D eigenvalue weighted by Gasteiger charge is 2.17. The molecule has 1 aliphatic heterocycles. The summed E-state index contributed by atoms with van der Waals surface area (Å²) in [5.41, 5.74) is 2.51. The zero-order valence-electron chi connectivity index (χ0n) is 9.92. The maximum atomic E-state index is 5.10. The molecule has 1 aromatic carbocycles. The molecule has 0 radical (unpaired) electrons. The quantitative estimate of drug-likeness (QED) is 0.822. The van der Waals surface area contributed by atoms with Gasteiger partial charge in [-0.25, -0.2) is 0 Å². The van der Waals surface area contributed by atoms with Crippen molar-refractivity contribution < 1.29 is 4.74 Å². The number of benzene rings is 1. The normalized spacial score (nSPS) is 14.9. The van der Waals surface area contributed by atoms with Gasteiger partial charge in [-0.05, 0) is 19.1 Å². The molecule has 1 fully saturated rings. The van der Waals surface area contributed by atoms with Gasteiger partial charge in [0.05, 0.1) is 13.2 Å². The van der Waals surface area contributed by atoms with Crippen molar-refractivity contribution in [1.29, 1.82) is 0 Å². The molecule has 1 N–H and O–H groups in total. The van der Waals surface area contributed by atoms with Gasteiger partial charge in [-0.3, -0.25) is 0 Å². The van der Waals surface area contributed by atoms with Crippen LogP contribution in [-0.2, 0) is 4.74 Å². The van der Waals surface area contributed by atoms with E-state index in [2.05, 4.69) is 36.5 Å². The summed E-state index contributed by atoms with van der Waals surface area (Å²) in [6.45, 7) is 8.96. The lowest BCUT2D eigenvalue weighted by atomic mass is 10.1. The van der Waals surface area contributed by atoms with Crippen LogP contribution in [0.4, 0.5) is 5.69 Å². The summed E-state index contributed by atoms with van der Waals surface area (Å²) >= 11 is 0. The Morgan fingerprint density at radius 3 is 2.27 bits per heavy atom. The minimum Gasteiger partial charge on any atom is -0.385 e. The monoisotopic (exact) mass is 207 g/mol. The number of ether oxygens (including phenoxy) is 1. The zero-order valence-corrected chi connectivity index (χ0v) is 9.92. The number of hydrogen-bond donors (Lipinski definition) is 1. The van der Waals surface area contributed by atoms with Crippen LogP contribution >= 0.6 is 0 Å². The standard InChI is InChI=1S/C11H15NO.C2H6/c1-9-2-4-11(5-3-9)12-6-10-7-13-8-10;1-2/h2-5,10,12H,6-8H2,1H3;1-2H3. The van der Waals surface area contributed by atoms with Crippen LogP contribution in [-0.4, -0.2) is 19.8 Å². The third-order valence-corrected chi connectivity index (χ3v) is 2.35. The second-order valence-electron chi connectivity index (χ2n) is 3.65. The summed E-state index contributed by atoms with van der Waals surface area (Å²) in [5, 5.41) is 3.39. The molecule has 1 aliphatic rings. The van der Waals surface area contributed by atoms with Gasteiger partial charge in [0.25, 0.3) is 0 Å². The lowest BCUT2D eigenvalue weighted by molar-refractivity contribution is -0.0248. The minimum absolute atomic E-state index is 0.710. The third kappa shape index (κ3) is 3.92. The molecule has 84 valence electrons. The first-order valence-electron chi connectivity index (χ1n) is 5.73. The van der Waals surface area contributed by atoms with Crippen molar-refractivity contribution in [3.63, 3.8) is 0 Å². The topological polar surface area (TPSA) is 21.3 Å². The Labute approximate surface area is 92.6 Å². The Morgan fingerprint density at radius 1 is 1.20 bits per heavy atom. The van der Waals surface area contributed by atoms with E-state index >= 15 is 0 Å². The molecule has 2 nitrogen and oxygen atoms in total. The predicted octanol–water partition coefficient (Wildman–Crippen LogP) is 3.08. The summed E-state index contributed by atoms with van der Waals surface area (Å²) < 4.78 is 5.10. The SMILES string of the molecule is CC.Cc1ccc(NCC2COC2)cc1. The number of aryl methyl sites for hydroxylation is 1. The largest absolute Gasteiger partial charge is 0.385 e. The Balaban J connectivity index is 0.000000531. The molecular formula is C13H21NO. The van der Waals surface area contributed by atoms with E-state index in [1.165, 1.54) is 11.3 Å². The summed E-state index contributed by atoms with van der Waals surface area (Å²) in [7, 11) is 0. The summed E-state index contributed by atoms with van der Waals surface area (Å²) in [6.07, 6.45) is 0. The molecule has 0 atom stereocenters. The van der Waals surface area contributed by atoms with Crippen molar-refractivity contribution >= 4 is 5.69 Å². The lowest BCUT2D eigenvalue weighted by Gasteiger charge is -2.26. The number of rotatable bonds is 3. The predicted molar refractivity (Wildman–Crippen MR) is 65.3 cm³/mol. The molecule has 2 rings (SSSR count). The van der Waals surface area contributed by atoms with Crippen LogP contribution in [0.25, 0.3) is 0 Å². The van der Waals surface area contributed by atoms with Crippen LogP contribution < -0.4 is 5.32 Å². The molecule has 1 heterocycles. The van der Waals surface area contributed by atoms with Gasteiger partial charge < -0.3 is 10.1 Å². The first-order chi connectivity index (χ1) is 7.34. The van der Waals surface area contributed by atoms with Crippen LogP contribution in [0.5, 0.6) is 0 Å². The second-order valence-corrected chi connectivity index (χ2v) is 3.65. The van der Waals surface area contributed by atoms with Gasteiger partial charge in [0, 0.05) is 18.2 Å². The van der Waals surface area contributed by atoms with Crippen molar-refractivity contribution in [2.45, 2.75) is 20.8 Å². The van der Waals surface area contributed by atoms with E-state index in [1.807, 2.05) is 13.8 Å². The van der Waals surface area contributed by atoms with Gasteiger partial charge in [0.15, 0.2) is 0 Å². The van der Waals surface area contributed by atoms with Crippen LogP contribution in [0.15, 0.2) is 24.3 Å². The highest BCUT2D eigenvalue weighted by atomic mass is 16.5. The molecule has 15 heavy (non-hydrogen) atoms. The Kier molecular flexibility index (Phi) is 5.19. The summed E-state index contributed by atoms with van der Waals surface area (Å²) in [4.78, 5) is 0. The fourth-order valence-corrected chi connectivity index (χ4v) is 1.34. The Morgan fingerprint density at radius 2 is 1.80 bits per heavy atom. The summed E-state index contributed by atoms with van der Waals surface area (Å²) in [5.74, 6) is 0.710. The van der Waals surface area contributed by atoms with Crippen LogP contribution in [0, 0.1) is 12.8 Å². The minimum atomic E-state index is 0.710. The van der Waals surface area contributed by atoms with Crippen molar-refractivity contribution in [3.05, 3.63) is 29.8 Å². The zero-order chi connectivity index (χ0) is 11.1. The van der Waals surface area contributed by atoms with Gasteiger partial charge in [0.2, 0.25) is 0 Å². The molecule has 0 amide bonds. The van der Waals surface area contributed by atoms with E-state index in [-0.39, 0.29) is 0 Å². The molecule has 1 saturated heterocycles. The summed E-state index contributed by atoms with van der Waals surface area (Å²) in [6, 6.07) is 8.49. The van der Waals surface area contributed by atoms with Crippen LogP contribution in [0.1, 0.15) is 19.4 Å². The fraction of sp³-hybridized carbons (Fsp3) is 0.538. The van der Waals surface area contributed by atoms with E-state index in [0.717, 1.165) is 19.8 Å². The smallest absolute Gasteiger partial charge is 0.0533 e. The van der Waals surface area contributed by atoms with Gasteiger partial charge in [-0.15, -0.1) is 0 Å². The maximum Gasteiger partial charge on any atom is 0.0533 e. The molecule has 2 heteroatoms. The Hall–Kier alpha value is -1.02. The average molecular weight is 207 g/mol. The van der Waals surface area contributed by atoms with Gasteiger partial charge >= 0.3 is 0 Å². The van der Waals surface area contributed by atoms with E-state index in [1.54, 1.807) is 0 Å². The van der Waals surface area contributed by atoms with Crippen molar-refractivity contribution in [2.75, 3.05) is 25.1 Å². The van der Waals surface area contributed by atoms with Crippen LogP contribution in [0.3, 0.4) is 0 Å². The molecule has 0 aromatic heterocycles. The van der Waals surface area contributed by atoms with Gasteiger partial charge in [0.1, 0.15) is 0 Å². The Bertz CT molecular complexity index is 264. The molecule has 0 spiro atoms. The van der Waals surface area contributed by atoms with Gasteiger partial charge in [-0.1, -0.05) is 31.5 Å². The molecule has 0 unspecified atom stereocenters. The van der Waals surface area contributed by atoms with E-state index in [9.17, 15) is 0 Å². The number of anilines is 1. The van der Waals surface area contributed by atoms with E-state index in [0.29, 0.717) is 5.92 Å². The van der Waals surface area contributed by atoms with Crippen molar-refractivity contribution in [2.24, 2.45) is 5.92 Å². The first-order valence-corrected chi connectivity index (χ1v) is 5.73. The first kappa shape index (κ1) is 12.1. The average Bonchev–Trinajstić information content (AvgIpc) is 2.22. The van der Waals surface area contributed by atoms with Gasteiger partial charge in [-0.2, -0.15) is 0 Å². The fourth-order valence-electron chi connectivity index (χ4n) is 1.34. The maximum absolute atomic E-state index is 5.10. The molecule has 0 saturated carbocycles. The lowest BCUT2D eigenvalue weighted by Crippen LogP contribution is -2.33. The second kappa shape index (κ2) is 6.46. The molecular weight excluding hydrogens is 186 g/mol.